The maximum atomic E-state index is 10.8. The van der Waals surface area contributed by atoms with Crippen LogP contribution in [0, 0.1) is 5.21 Å². The van der Waals surface area contributed by atoms with E-state index in [9.17, 15) is 5.21 Å². The van der Waals surface area contributed by atoms with Gasteiger partial charge in [0.15, 0.2) is 5.71 Å². The van der Waals surface area contributed by atoms with Crippen LogP contribution in [0.15, 0.2) is 24.5 Å². The van der Waals surface area contributed by atoms with Crippen LogP contribution in [-0.2, 0) is 0 Å². The van der Waals surface area contributed by atoms with Gasteiger partial charge in [-0.3, -0.25) is 4.98 Å². The maximum absolute atomic E-state index is 10.8. The lowest BCUT2D eigenvalue weighted by Gasteiger charge is -2.01. The van der Waals surface area contributed by atoms with Gasteiger partial charge in [0.25, 0.3) is 0 Å². The Morgan fingerprint density at radius 3 is 2.45 bits per heavy atom. The van der Waals surface area contributed by atoms with Gasteiger partial charge in [0.2, 0.25) is 0 Å². The third kappa shape index (κ3) is 1.77. The quantitative estimate of drug-likeness (QED) is 0.259. The minimum Gasteiger partial charge on any atom is -0.624 e. The molecule has 3 nitrogen and oxygen atoms in total. The highest BCUT2D eigenvalue weighted by molar-refractivity contribution is 5.94. The zero-order valence-corrected chi connectivity index (χ0v) is 6.61. The monoisotopic (exact) mass is 150 g/mol. The molecule has 0 amide bonds. The molecule has 58 valence electrons. The van der Waals surface area contributed by atoms with E-state index in [2.05, 4.69) is 4.98 Å². The normalized spacial score (nSPS) is 12.5. The lowest BCUT2D eigenvalue weighted by Crippen LogP contribution is -2.08. The first-order valence-corrected chi connectivity index (χ1v) is 3.36. The zero-order valence-electron chi connectivity index (χ0n) is 6.61. The standard InChI is InChI=1S/C8H10N2O/c1-7(10(2)11)8-3-5-9-6-4-8/h3-6H,1-2H3. The van der Waals surface area contributed by atoms with E-state index < -0.39 is 0 Å². The number of aromatic nitrogens is 1. The number of nitrogens with zero attached hydrogens (tertiary/aromatic N) is 2. The summed E-state index contributed by atoms with van der Waals surface area (Å²) >= 11 is 0. The summed E-state index contributed by atoms with van der Waals surface area (Å²) in [6.45, 7) is 1.78. The number of rotatable bonds is 1. The summed E-state index contributed by atoms with van der Waals surface area (Å²) in [6.07, 6.45) is 3.34. The van der Waals surface area contributed by atoms with Crippen LogP contribution < -0.4 is 0 Å². The molecular weight excluding hydrogens is 140 g/mol. The molecule has 0 fully saturated rings. The second-order valence-electron chi connectivity index (χ2n) is 2.32. The summed E-state index contributed by atoms with van der Waals surface area (Å²) in [6, 6.07) is 3.62. The van der Waals surface area contributed by atoms with Crippen LogP contribution in [0.2, 0.25) is 0 Å². The number of hydrogen-bond donors (Lipinski definition) is 0. The van der Waals surface area contributed by atoms with Crippen LogP contribution in [0.3, 0.4) is 0 Å². The molecular formula is C8H10N2O. The fourth-order valence-corrected chi connectivity index (χ4v) is 0.775. The maximum Gasteiger partial charge on any atom is 0.191 e. The van der Waals surface area contributed by atoms with E-state index in [1.807, 2.05) is 12.1 Å². The summed E-state index contributed by atoms with van der Waals surface area (Å²) in [5, 5.41) is 10.8. The van der Waals surface area contributed by atoms with Crippen LogP contribution in [-0.4, -0.2) is 22.5 Å². The van der Waals surface area contributed by atoms with Crippen molar-refractivity contribution in [2.45, 2.75) is 6.92 Å². The average molecular weight is 150 g/mol. The molecule has 0 aliphatic carbocycles. The Bertz CT molecular complexity index is 263. The van der Waals surface area contributed by atoms with Crippen molar-refractivity contribution in [1.29, 1.82) is 0 Å². The first-order chi connectivity index (χ1) is 5.22. The van der Waals surface area contributed by atoms with Crippen molar-refractivity contribution in [2.24, 2.45) is 0 Å². The van der Waals surface area contributed by atoms with Crippen molar-refractivity contribution in [2.75, 3.05) is 7.05 Å². The predicted molar refractivity (Wildman–Crippen MR) is 43.6 cm³/mol. The van der Waals surface area contributed by atoms with Crippen molar-refractivity contribution in [1.82, 2.24) is 4.98 Å². The van der Waals surface area contributed by atoms with Gasteiger partial charge in [0.1, 0.15) is 7.05 Å². The minimum absolute atomic E-state index is 0.701. The number of pyridine rings is 1. The van der Waals surface area contributed by atoms with Gasteiger partial charge in [-0.2, -0.15) is 0 Å². The van der Waals surface area contributed by atoms with E-state index in [4.69, 9.17) is 0 Å². The molecule has 0 spiro atoms. The van der Waals surface area contributed by atoms with Crippen molar-refractivity contribution < 1.29 is 4.74 Å². The highest BCUT2D eigenvalue weighted by atomic mass is 16.5. The topological polar surface area (TPSA) is 39.0 Å². The van der Waals surface area contributed by atoms with Crippen LogP contribution in [0.4, 0.5) is 0 Å². The molecule has 1 aromatic heterocycles. The Hall–Kier alpha value is -1.38. The lowest BCUT2D eigenvalue weighted by molar-refractivity contribution is -0.422. The largest absolute Gasteiger partial charge is 0.624 e. The molecule has 0 bridgehead atoms. The second kappa shape index (κ2) is 3.14. The third-order valence-corrected chi connectivity index (χ3v) is 1.57. The lowest BCUT2D eigenvalue weighted by atomic mass is 10.2. The minimum atomic E-state index is 0.701. The van der Waals surface area contributed by atoms with E-state index in [-0.39, 0.29) is 0 Å². The second-order valence-corrected chi connectivity index (χ2v) is 2.32. The van der Waals surface area contributed by atoms with Crippen molar-refractivity contribution >= 4 is 5.71 Å². The van der Waals surface area contributed by atoms with Gasteiger partial charge in [0, 0.05) is 24.9 Å². The third-order valence-electron chi connectivity index (χ3n) is 1.57. The van der Waals surface area contributed by atoms with Crippen LogP contribution >= 0.6 is 0 Å². The molecule has 1 aromatic rings. The molecule has 0 unspecified atom stereocenters. The molecule has 0 aromatic carbocycles. The molecule has 0 radical (unpaired) electrons. The summed E-state index contributed by atoms with van der Waals surface area (Å²) in [7, 11) is 1.48. The molecule has 0 saturated carbocycles. The van der Waals surface area contributed by atoms with Crippen LogP contribution in [0.25, 0.3) is 0 Å². The molecule has 0 aliphatic heterocycles. The van der Waals surface area contributed by atoms with Gasteiger partial charge in [-0.1, -0.05) is 0 Å². The molecule has 1 heterocycles. The van der Waals surface area contributed by atoms with Crippen molar-refractivity contribution in [3.8, 4) is 0 Å². The molecule has 0 N–H and O–H groups in total. The highest BCUT2D eigenvalue weighted by Gasteiger charge is 2.00. The first-order valence-electron chi connectivity index (χ1n) is 3.36. The van der Waals surface area contributed by atoms with Crippen molar-refractivity contribution in [3.63, 3.8) is 0 Å². The van der Waals surface area contributed by atoms with E-state index >= 15 is 0 Å². The summed E-state index contributed by atoms with van der Waals surface area (Å²) in [5.74, 6) is 0. The summed E-state index contributed by atoms with van der Waals surface area (Å²) < 4.78 is 0.843. The fourth-order valence-electron chi connectivity index (χ4n) is 0.775. The Balaban J connectivity index is 3.04. The molecule has 0 saturated heterocycles. The Morgan fingerprint density at radius 1 is 1.45 bits per heavy atom. The summed E-state index contributed by atoms with van der Waals surface area (Å²) in [4.78, 5) is 3.85. The predicted octanol–water partition coefficient (Wildman–Crippen LogP) is 1.03. The van der Waals surface area contributed by atoms with E-state index in [1.54, 1.807) is 19.3 Å². The molecule has 3 heteroatoms. The fraction of sp³-hybridized carbons (Fsp3) is 0.250. The van der Waals surface area contributed by atoms with E-state index in [0.29, 0.717) is 5.71 Å². The Morgan fingerprint density at radius 2 is 2.00 bits per heavy atom. The number of hydroxylamine groups is 1. The smallest absolute Gasteiger partial charge is 0.191 e. The van der Waals surface area contributed by atoms with Gasteiger partial charge in [-0.15, -0.1) is 0 Å². The van der Waals surface area contributed by atoms with Crippen molar-refractivity contribution in [3.05, 3.63) is 35.3 Å². The van der Waals surface area contributed by atoms with Gasteiger partial charge in [-0.05, 0) is 12.1 Å². The summed E-state index contributed by atoms with van der Waals surface area (Å²) in [5.41, 5.74) is 1.62. The molecule has 0 atom stereocenters. The average Bonchev–Trinajstić information content (AvgIpc) is 2.05. The molecule has 1 rings (SSSR count). The van der Waals surface area contributed by atoms with Gasteiger partial charge in [0.05, 0.1) is 0 Å². The van der Waals surface area contributed by atoms with Gasteiger partial charge >= 0.3 is 0 Å². The van der Waals surface area contributed by atoms with Crippen LogP contribution in [0.1, 0.15) is 12.5 Å². The Kier molecular flexibility index (Phi) is 2.21. The Labute approximate surface area is 65.6 Å². The first kappa shape index (κ1) is 7.72. The van der Waals surface area contributed by atoms with E-state index in [0.717, 1.165) is 10.3 Å². The number of hydrogen-bond acceptors (Lipinski definition) is 2. The highest BCUT2D eigenvalue weighted by Crippen LogP contribution is 1.97. The van der Waals surface area contributed by atoms with Gasteiger partial charge in [-0.25, -0.2) is 4.74 Å². The SMILES string of the molecule is CC(c1ccncc1)=[N+](C)[O-]. The molecule has 0 aliphatic rings. The molecule has 11 heavy (non-hydrogen) atoms. The van der Waals surface area contributed by atoms with E-state index in [1.165, 1.54) is 7.05 Å². The zero-order chi connectivity index (χ0) is 8.27. The van der Waals surface area contributed by atoms with Gasteiger partial charge < -0.3 is 5.21 Å². The van der Waals surface area contributed by atoms with Crippen LogP contribution in [0.5, 0.6) is 0 Å².